The molecule has 176 valence electrons. The molecule has 2 heterocycles. The summed E-state index contributed by atoms with van der Waals surface area (Å²) in [5.74, 6) is 0. The second-order valence-corrected chi connectivity index (χ2v) is 9.30. The lowest BCUT2D eigenvalue weighted by Gasteiger charge is -2.26. The van der Waals surface area contributed by atoms with E-state index in [9.17, 15) is 0 Å². The SMILES string of the molecule is C/C=C\C=C(/C)N1c2ccccc2C2=CC(/C3=C/C4=C=C(/C=C\C3)C3=C=C(C=CC=C3)N4)=CC=CC21.[HH]. The first-order valence-electron chi connectivity index (χ1n) is 12.5. The van der Waals surface area contributed by atoms with Crippen LogP contribution in [-0.4, -0.2) is 6.04 Å². The quantitative estimate of drug-likeness (QED) is 0.360. The molecule has 2 heteroatoms. The minimum absolute atomic E-state index is 0. The zero-order chi connectivity index (χ0) is 24.5. The average Bonchev–Trinajstić information content (AvgIpc) is 3.13. The molecule has 0 saturated heterocycles. The predicted octanol–water partition coefficient (Wildman–Crippen LogP) is 7.91. The zero-order valence-electron chi connectivity index (χ0n) is 20.6. The topological polar surface area (TPSA) is 15.3 Å². The van der Waals surface area contributed by atoms with Gasteiger partial charge in [0.15, 0.2) is 0 Å². The summed E-state index contributed by atoms with van der Waals surface area (Å²) >= 11 is 0. The number of benzene rings is 1. The van der Waals surface area contributed by atoms with E-state index in [-0.39, 0.29) is 7.47 Å². The molecule has 0 spiro atoms. The van der Waals surface area contributed by atoms with Crippen molar-refractivity contribution in [2.45, 2.75) is 26.3 Å². The molecular formula is C34H30N2. The number of fused-ring (bicyclic) bond motifs is 4. The fourth-order valence-electron chi connectivity index (χ4n) is 5.23. The van der Waals surface area contributed by atoms with Crippen LogP contribution in [0.3, 0.4) is 0 Å². The van der Waals surface area contributed by atoms with E-state index in [1.54, 1.807) is 0 Å². The van der Waals surface area contributed by atoms with Crippen molar-refractivity contribution in [2.24, 2.45) is 0 Å². The smallest absolute Gasteiger partial charge is 0.0831 e. The molecule has 2 aliphatic heterocycles. The number of rotatable bonds is 3. The van der Waals surface area contributed by atoms with E-state index in [0.717, 1.165) is 29.0 Å². The van der Waals surface area contributed by atoms with Crippen LogP contribution in [0.1, 0.15) is 27.3 Å². The van der Waals surface area contributed by atoms with Gasteiger partial charge in [-0.15, -0.1) is 0 Å². The zero-order valence-corrected chi connectivity index (χ0v) is 20.6. The van der Waals surface area contributed by atoms with Gasteiger partial charge in [-0.1, -0.05) is 78.3 Å². The van der Waals surface area contributed by atoms with E-state index in [2.05, 4.69) is 133 Å². The number of hydrogen-bond donors (Lipinski definition) is 1. The molecule has 0 radical (unpaired) electrons. The Bertz CT molecular complexity index is 1560. The van der Waals surface area contributed by atoms with Crippen molar-refractivity contribution in [1.29, 1.82) is 0 Å². The Morgan fingerprint density at radius 2 is 1.86 bits per heavy atom. The third-order valence-electron chi connectivity index (χ3n) is 6.91. The van der Waals surface area contributed by atoms with E-state index >= 15 is 0 Å². The highest BCUT2D eigenvalue weighted by atomic mass is 15.2. The van der Waals surface area contributed by atoms with Crippen molar-refractivity contribution >= 4 is 11.3 Å². The Balaban J connectivity index is 0.00000280. The molecule has 1 atom stereocenters. The largest absolute Gasteiger partial charge is 0.343 e. The predicted molar refractivity (Wildman–Crippen MR) is 153 cm³/mol. The van der Waals surface area contributed by atoms with Gasteiger partial charge in [0.2, 0.25) is 0 Å². The summed E-state index contributed by atoms with van der Waals surface area (Å²) in [6, 6.07) is 8.90. The molecule has 2 nitrogen and oxygen atoms in total. The first kappa shape index (κ1) is 22.0. The van der Waals surface area contributed by atoms with Crippen LogP contribution in [0.4, 0.5) is 5.69 Å². The third-order valence-corrected chi connectivity index (χ3v) is 6.91. The summed E-state index contributed by atoms with van der Waals surface area (Å²) in [4.78, 5) is 2.44. The van der Waals surface area contributed by atoms with Crippen molar-refractivity contribution < 1.29 is 1.43 Å². The van der Waals surface area contributed by atoms with E-state index in [1.165, 1.54) is 33.7 Å². The van der Waals surface area contributed by atoms with Crippen LogP contribution in [0.5, 0.6) is 0 Å². The summed E-state index contributed by atoms with van der Waals surface area (Å²) in [7, 11) is 0. The number of anilines is 1. The molecule has 0 aromatic heterocycles. The van der Waals surface area contributed by atoms with E-state index in [0.29, 0.717) is 0 Å². The van der Waals surface area contributed by atoms with Crippen molar-refractivity contribution in [3.05, 3.63) is 166 Å². The van der Waals surface area contributed by atoms with Crippen LogP contribution in [0.2, 0.25) is 0 Å². The Labute approximate surface area is 214 Å². The lowest BCUT2D eigenvalue weighted by Crippen LogP contribution is -2.27. The molecule has 1 N–H and O–H groups in total. The van der Waals surface area contributed by atoms with Gasteiger partial charge in [-0.3, -0.25) is 0 Å². The molecule has 4 bridgehead atoms. The van der Waals surface area contributed by atoms with Crippen molar-refractivity contribution in [3.8, 4) is 0 Å². The normalized spacial score (nSPS) is 24.2. The molecule has 1 aromatic rings. The Kier molecular flexibility index (Phi) is 5.68. The van der Waals surface area contributed by atoms with E-state index in [4.69, 9.17) is 0 Å². The average molecular weight is 467 g/mol. The molecule has 0 fully saturated rings. The molecule has 5 aliphatic rings. The Morgan fingerprint density at radius 3 is 2.78 bits per heavy atom. The van der Waals surface area contributed by atoms with Crippen molar-refractivity contribution in [3.63, 3.8) is 0 Å². The van der Waals surface area contributed by atoms with Crippen LogP contribution in [0.15, 0.2) is 160 Å². The summed E-state index contributed by atoms with van der Waals surface area (Å²) in [6.07, 6.45) is 31.2. The number of nitrogens with zero attached hydrogens (tertiary/aromatic N) is 1. The molecule has 6 rings (SSSR count). The van der Waals surface area contributed by atoms with Crippen molar-refractivity contribution in [1.82, 2.24) is 5.32 Å². The highest BCUT2D eigenvalue weighted by Gasteiger charge is 2.33. The van der Waals surface area contributed by atoms with Gasteiger partial charge in [0.25, 0.3) is 0 Å². The first-order chi connectivity index (χ1) is 17.7. The maximum Gasteiger partial charge on any atom is 0.0831 e. The molecule has 36 heavy (non-hydrogen) atoms. The van der Waals surface area contributed by atoms with Gasteiger partial charge in [0.05, 0.1) is 17.4 Å². The van der Waals surface area contributed by atoms with Crippen LogP contribution in [0, 0.1) is 0 Å². The van der Waals surface area contributed by atoms with Gasteiger partial charge in [-0.25, -0.2) is 0 Å². The summed E-state index contributed by atoms with van der Waals surface area (Å²) in [5, 5.41) is 3.52. The summed E-state index contributed by atoms with van der Waals surface area (Å²) in [6.45, 7) is 4.24. The van der Waals surface area contributed by atoms with Gasteiger partial charge in [-0.05, 0) is 79.5 Å². The molecule has 0 saturated carbocycles. The number of para-hydroxylation sites is 1. The number of hydrogen-bond acceptors (Lipinski definition) is 2. The molecular weight excluding hydrogens is 436 g/mol. The summed E-state index contributed by atoms with van der Waals surface area (Å²) in [5.41, 5.74) is 18.7. The fraction of sp³-hybridized carbons (Fsp3) is 0.118. The van der Waals surface area contributed by atoms with Crippen LogP contribution >= 0.6 is 0 Å². The number of allylic oxidation sites excluding steroid dienone is 16. The molecule has 3 aliphatic carbocycles. The molecule has 0 amide bonds. The second kappa shape index (κ2) is 9.29. The molecule has 1 aromatic carbocycles. The Hall–Kier alpha value is -4.48. The maximum atomic E-state index is 3.57. The van der Waals surface area contributed by atoms with Gasteiger partial charge in [0, 0.05) is 29.5 Å². The van der Waals surface area contributed by atoms with E-state index < -0.39 is 0 Å². The number of nitrogens with one attached hydrogen (secondary N) is 1. The minimum atomic E-state index is 0. The lowest BCUT2D eigenvalue weighted by molar-refractivity contribution is 0.934. The van der Waals surface area contributed by atoms with E-state index in [1.807, 2.05) is 12.2 Å². The highest BCUT2D eigenvalue weighted by Crippen LogP contribution is 2.45. The standard InChI is InChI=1S/C34H28N2.H2/c1-3-4-11-24(2)36-33-18-8-7-17-31(33)32-23-28(15-10-19-34(32)36)27-14-9-13-26-21-30(22-27)35-29-16-6-5-12-25(26)20-29;/h3-13,15-19,22-23,34-35H,14H2,1-2H3;1H/b4-3-,13-9-,24-11+,27-22+;. The maximum absolute atomic E-state index is 3.57. The van der Waals surface area contributed by atoms with Crippen LogP contribution in [-0.2, 0) is 0 Å². The fourth-order valence-corrected chi connectivity index (χ4v) is 5.23. The first-order valence-corrected chi connectivity index (χ1v) is 12.5. The molecule has 1 unspecified atom stereocenters. The highest BCUT2D eigenvalue weighted by molar-refractivity contribution is 5.92. The van der Waals surface area contributed by atoms with Gasteiger partial charge in [-0.2, -0.15) is 0 Å². The van der Waals surface area contributed by atoms with Gasteiger partial charge < -0.3 is 10.2 Å². The minimum Gasteiger partial charge on any atom is -0.343 e. The van der Waals surface area contributed by atoms with Crippen LogP contribution < -0.4 is 10.2 Å². The van der Waals surface area contributed by atoms with Crippen LogP contribution in [0.25, 0.3) is 5.57 Å². The van der Waals surface area contributed by atoms with Gasteiger partial charge in [0.1, 0.15) is 0 Å². The van der Waals surface area contributed by atoms with Gasteiger partial charge >= 0.3 is 0 Å². The lowest BCUT2D eigenvalue weighted by atomic mass is 9.94. The van der Waals surface area contributed by atoms with Crippen molar-refractivity contribution in [2.75, 3.05) is 4.90 Å². The second-order valence-electron chi connectivity index (χ2n) is 9.30. The summed E-state index contributed by atoms with van der Waals surface area (Å²) < 4.78 is 0. The Morgan fingerprint density at radius 1 is 1.03 bits per heavy atom. The monoisotopic (exact) mass is 466 g/mol. The third kappa shape index (κ3) is 4.00.